The number of carbonyl (C=O) groups is 1. The van der Waals surface area contributed by atoms with Crippen molar-refractivity contribution in [1.29, 1.82) is 0 Å². The lowest BCUT2D eigenvalue weighted by Crippen LogP contribution is -2.35. The van der Waals surface area contributed by atoms with Crippen LogP contribution in [0.15, 0.2) is 58.3 Å². The number of morpholine rings is 1. The molecule has 0 bridgehead atoms. The van der Waals surface area contributed by atoms with E-state index in [0.717, 1.165) is 59.7 Å². The van der Waals surface area contributed by atoms with Crippen LogP contribution in [0.25, 0.3) is 10.2 Å². The highest BCUT2D eigenvalue weighted by Gasteiger charge is 2.14. The average molecular weight is 483 g/mol. The summed E-state index contributed by atoms with van der Waals surface area (Å²) in [5, 5.41) is 5.56. The zero-order chi connectivity index (χ0) is 21.8. The van der Waals surface area contributed by atoms with Crippen LogP contribution < -0.4 is 5.32 Å². The third-order valence-corrected chi connectivity index (χ3v) is 8.17. The Balaban J connectivity index is 1.14. The largest absolute Gasteiger partial charge is 0.379 e. The molecule has 0 saturated carbocycles. The first-order valence-electron chi connectivity index (χ1n) is 10.4. The summed E-state index contributed by atoms with van der Waals surface area (Å²) in [5.41, 5.74) is 3.81. The summed E-state index contributed by atoms with van der Waals surface area (Å²) in [6.07, 6.45) is 0. The van der Waals surface area contributed by atoms with Gasteiger partial charge in [0.2, 0.25) is 0 Å². The van der Waals surface area contributed by atoms with Crippen molar-refractivity contribution in [2.75, 3.05) is 31.6 Å². The molecule has 1 aliphatic heterocycles. The van der Waals surface area contributed by atoms with Crippen molar-refractivity contribution in [2.24, 2.45) is 0 Å². The van der Waals surface area contributed by atoms with Crippen molar-refractivity contribution in [3.63, 3.8) is 0 Å². The molecule has 2 aromatic heterocycles. The summed E-state index contributed by atoms with van der Waals surface area (Å²) < 4.78 is 7.65. The van der Waals surface area contributed by atoms with E-state index in [1.54, 1.807) is 23.1 Å². The molecule has 9 heteroatoms. The summed E-state index contributed by atoms with van der Waals surface area (Å²) in [4.78, 5) is 24.2. The number of ether oxygens (including phenoxy) is 1. The summed E-state index contributed by atoms with van der Waals surface area (Å²) in [5.74, 6) is 0.682. The van der Waals surface area contributed by atoms with Crippen LogP contribution in [0.3, 0.4) is 0 Å². The molecule has 0 radical (unpaired) electrons. The van der Waals surface area contributed by atoms with Crippen LogP contribution in [0.5, 0.6) is 0 Å². The summed E-state index contributed by atoms with van der Waals surface area (Å²) >= 11 is 4.89. The number of rotatable bonds is 7. The number of thioether (sulfide) groups is 1. The normalized spacial score (nSPS) is 14.6. The van der Waals surface area contributed by atoms with Crippen LogP contribution in [-0.4, -0.2) is 47.1 Å². The van der Waals surface area contributed by atoms with E-state index in [1.807, 2.05) is 47.8 Å². The van der Waals surface area contributed by atoms with Crippen LogP contribution in [0.4, 0.5) is 5.13 Å². The number of anilines is 1. The molecule has 1 amide bonds. The van der Waals surface area contributed by atoms with Crippen molar-refractivity contribution in [2.45, 2.75) is 16.6 Å². The summed E-state index contributed by atoms with van der Waals surface area (Å²) in [6.45, 7) is 4.16. The molecule has 0 spiro atoms. The molecule has 164 valence electrons. The van der Waals surface area contributed by atoms with Gasteiger partial charge in [-0.1, -0.05) is 36.0 Å². The Hall–Kier alpha value is -2.30. The van der Waals surface area contributed by atoms with Crippen LogP contribution in [-0.2, 0) is 17.0 Å². The van der Waals surface area contributed by atoms with E-state index in [-0.39, 0.29) is 5.91 Å². The Bertz CT molecular complexity index is 1170. The second kappa shape index (κ2) is 10.1. The molecule has 3 heterocycles. The smallest absolute Gasteiger partial charge is 0.257 e. The molecule has 32 heavy (non-hydrogen) atoms. The minimum Gasteiger partial charge on any atom is -0.379 e. The minimum atomic E-state index is -0.136. The molecule has 2 aromatic carbocycles. The van der Waals surface area contributed by atoms with E-state index in [0.29, 0.717) is 10.7 Å². The molecule has 5 rings (SSSR count). The Morgan fingerprint density at radius 1 is 1.09 bits per heavy atom. The second-order valence-corrected chi connectivity index (χ2v) is 10.5. The first kappa shape index (κ1) is 21.5. The fourth-order valence-corrected chi connectivity index (χ4v) is 6.13. The number of benzene rings is 2. The van der Waals surface area contributed by atoms with Gasteiger partial charge in [0, 0.05) is 36.3 Å². The third-order valence-electron chi connectivity index (χ3n) is 5.11. The van der Waals surface area contributed by atoms with Crippen LogP contribution in [0, 0.1) is 0 Å². The maximum absolute atomic E-state index is 12.6. The van der Waals surface area contributed by atoms with E-state index >= 15 is 0 Å². The van der Waals surface area contributed by atoms with Gasteiger partial charge >= 0.3 is 0 Å². The number of nitrogens with zero attached hydrogens (tertiary/aromatic N) is 3. The maximum Gasteiger partial charge on any atom is 0.257 e. The molecule has 0 aliphatic carbocycles. The molecule has 4 aromatic rings. The number of hydrogen-bond acceptors (Lipinski definition) is 8. The number of nitrogens with one attached hydrogen (secondary N) is 1. The fourth-order valence-electron chi connectivity index (χ4n) is 3.40. The van der Waals surface area contributed by atoms with E-state index in [4.69, 9.17) is 4.74 Å². The third kappa shape index (κ3) is 5.36. The lowest BCUT2D eigenvalue weighted by Gasteiger charge is -2.25. The number of hydrogen-bond donors (Lipinski definition) is 1. The summed E-state index contributed by atoms with van der Waals surface area (Å²) in [6, 6.07) is 15.9. The Kier molecular flexibility index (Phi) is 6.80. The number of aromatic nitrogens is 2. The summed E-state index contributed by atoms with van der Waals surface area (Å²) in [7, 11) is 0. The monoisotopic (exact) mass is 482 g/mol. The molecule has 1 aliphatic rings. The molecule has 1 saturated heterocycles. The number of carbonyl (C=O) groups excluding carboxylic acids is 1. The zero-order valence-corrected chi connectivity index (χ0v) is 19.8. The Labute approximate surface area is 198 Å². The number of amides is 1. The van der Waals surface area contributed by atoms with Gasteiger partial charge in [-0.2, -0.15) is 0 Å². The predicted molar refractivity (Wildman–Crippen MR) is 132 cm³/mol. The first-order valence-corrected chi connectivity index (χ1v) is 13.0. The lowest BCUT2D eigenvalue weighted by molar-refractivity contribution is 0.0337. The van der Waals surface area contributed by atoms with Gasteiger partial charge in [0.05, 0.1) is 29.1 Å². The van der Waals surface area contributed by atoms with Gasteiger partial charge in [0.15, 0.2) is 9.47 Å². The van der Waals surface area contributed by atoms with Crippen molar-refractivity contribution in [3.05, 3.63) is 70.7 Å². The number of para-hydroxylation sites is 1. The van der Waals surface area contributed by atoms with E-state index in [1.165, 1.54) is 16.0 Å². The molecule has 1 N–H and O–H groups in total. The molecular formula is C23H22N4O2S3. The average Bonchev–Trinajstić information content (AvgIpc) is 3.45. The Morgan fingerprint density at radius 3 is 2.72 bits per heavy atom. The van der Waals surface area contributed by atoms with E-state index < -0.39 is 0 Å². The van der Waals surface area contributed by atoms with E-state index in [9.17, 15) is 4.79 Å². The van der Waals surface area contributed by atoms with Crippen molar-refractivity contribution >= 4 is 55.7 Å². The van der Waals surface area contributed by atoms with Gasteiger partial charge in [-0.05, 0) is 29.8 Å². The highest BCUT2D eigenvalue weighted by atomic mass is 32.2. The van der Waals surface area contributed by atoms with Gasteiger partial charge in [-0.25, -0.2) is 9.97 Å². The molecule has 0 atom stereocenters. The number of fused-ring (bicyclic) bond motifs is 1. The number of thiazole rings is 2. The van der Waals surface area contributed by atoms with Crippen molar-refractivity contribution in [3.8, 4) is 0 Å². The minimum absolute atomic E-state index is 0.136. The molecule has 6 nitrogen and oxygen atoms in total. The van der Waals surface area contributed by atoms with Gasteiger partial charge in [0.25, 0.3) is 5.91 Å². The van der Waals surface area contributed by atoms with Gasteiger partial charge in [-0.15, -0.1) is 22.7 Å². The standard InChI is InChI=1S/C23H22N4O2S3/c28-21(26-22-24-18(15-30-22)13-27-9-11-29-12-10-27)17-7-5-16(6-8-17)14-31-23-25-19-3-1-2-4-20(19)32-23/h1-8,15H,9-14H2,(H,24,26,28). The van der Waals surface area contributed by atoms with Crippen molar-refractivity contribution in [1.82, 2.24) is 14.9 Å². The zero-order valence-electron chi connectivity index (χ0n) is 17.3. The molecular weight excluding hydrogens is 460 g/mol. The highest BCUT2D eigenvalue weighted by molar-refractivity contribution is 8.00. The van der Waals surface area contributed by atoms with Crippen LogP contribution in [0.2, 0.25) is 0 Å². The van der Waals surface area contributed by atoms with Gasteiger partial charge in [-0.3, -0.25) is 15.0 Å². The Morgan fingerprint density at radius 2 is 1.91 bits per heavy atom. The van der Waals surface area contributed by atoms with Crippen LogP contribution in [0.1, 0.15) is 21.6 Å². The van der Waals surface area contributed by atoms with Gasteiger partial charge in [0.1, 0.15) is 0 Å². The maximum atomic E-state index is 12.6. The van der Waals surface area contributed by atoms with E-state index in [2.05, 4.69) is 26.3 Å². The topological polar surface area (TPSA) is 67.4 Å². The van der Waals surface area contributed by atoms with Crippen molar-refractivity contribution < 1.29 is 9.53 Å². The quantitative estimate of drug-likeness (QED) is 0.368. The second-order valence-electron chi connectivity index (χ2n) is 7.42. The SMILES string of the molecule is O=C(Nc1nc(CN2CCOCC2)cs1)c1ccc(CSc2nc3ccccc3s2)cc1. The lowest BCUT2D eigenvalue weighted by atomic mass is 10.1. The highest BCUT2D eigenvalue weighted by Crippen LogP contribution is 2.31. The van der Waals surface area contributed by atoms with Gasteiger partial charge < -0.3 is 4.74 Å². The molecule has 0 unspecified atom stereocenters. The fraction of sp³-hybridized carbons (Fsp3) is 0.261. The molecule has 1 fully saturated rings. The van der Waals surface area contributed by atoms with Crippen LogP contribution >= 0.6 is 34.4 Å². The first-order chi connectivity index (χ1) is 15.7. The predicted octanol–water partition coefficient (Wildman–Crippen LogP) is 5.13.